The van der Waals surface area contributed by atoms with Crippen molar-refractivity contribution in [2.45, 2.75) is 13.5 Å². The number of nitrogens with zero attached hydrogens (tertiary/aromatic N) is 3. The highest BCUT2D eigenvalue weighted by Gasteiger charge is 2.32. The number of anilines is 1. The first kappa shape index (κ1) is 22.2. The van der Waals surface area contributed by atoms with E-state index >= 15 is 0 Å². The number of aryl methyl sites for hydroxylation is 1. The largest absolute Gasteiger partial charge is 0.465 e. The number of hydrogen-bond acceptors (Lipinski definition) is 5. The van der Waals surface area contributed by atoms with Crippen molar-refractivity contribution in [2.24, 2.45) is 0 Å². The zero-order valence-corrected chi connectivity index (χ0v) is 18.2. The number of piperazine rings is 1. The topological polar surface area (TPSA) is 70.2 Å². The van der Waals surface area contributed by atoms with E-state index in [4.69, 9.17) is 4.74 Å². The fourth-order valence-corrected chi connectivity index (χ4v) is 4.87. The summed E-state index contributed by atoms with van der Waals surface area (Å²) in [6.07, 6.45) is 0. The maximum absolute atomic E-state index is 13.8. The Bertz CT molecular complexity index is 1000. The molecule has 0 aromatic heterocycles. The predicted molar refractivity (Wildman–Crippen MR) is 113 cm³/mol. The van der Waals surface area contributed by atoms with Gasteiger partial charge in [0.1, 0.15) is 5.82 Å². The first-order chi connectivity index (χ1) is 14.2. The van der Waals surface area contributed by atoms with Gasteiger partial charge in [-0.1, -0.05) is 12.1 Å². The maximum Gasteiger partial charge on any atom is 0.337 e. The van der Waals surface area contributed by atoms with Crippen molar-refractivity contribution in [3.8, 4) is 0 Å². The van der Waals surface area contributed by atoms with E-state index in [0.717, 1.165) is 0 Å². The monoisotopic (exact) mass is 435 g/mol. The fraction of sp³-hybridized carbons (Fsp3) is 0.381. The van der Waals surface area contributed by atoms with E-state index in [1.165, 1.54) is 33.9 Å². The molecule has 0 radical (unpaired) electrons. The lowest BCUT2D eigenvalue weighted by Crippen LogP contribution is -2.52. The Labute approximate surface area is 176 Å². The van der Waals surface area contributed by atoms with Gasteiger partial charge in [0.2, 0.25) is 0 Å². The van der Waals surface area contributed by atoms with Crippen LogP contribution in [0.4, 0.5) is 10.1 Å². The lowest BCUT2D eigenvalue weighted by Gasteiger charge is -2.36. The van der Waals surface area contributed by atoms with Gasteiger partial charge in [-0.3, -0.25) is 4.31 Å². The molecule has 2 aromatic carbocycles. The molecule has 0 bridgehead atoms. The van der Waals surface area contributed by atoms with E-state index in [9.17, 15) is 17.6 Å². The summed E-state index contributed by atoms with van der Waals surface area (Å²) in [4.78, 5) is 13.7. The molecule has 162 valence electrons. The summed E-state index contributed by atoms with van der Waals surface area (Å²) < 4.78 is 48.2. The number of benzene rings is 2. The van der Waals surface area contributed by atoms with E-state index in [2.05, 4.69) is 4.90 Å². The predicted octanol–water partition coefficient (Wildman–Crippen LogP) is 2.42. The molecule has 1 aliphatic heterocycles. The van der Waals surface area contributed by atoms with Crippen molar-refractivity contribution in [1.82, 2.24) is 9.21 Å². The van der Waals surface area contributed by atoms with Crippen molar-refractivity contribution in [3.63, 3.8) is 0 Å². The number of carbonyl (C=O) groups excluding carboxylic acids is 1. The number of ether oxygens (including phenoxy) is 1. The smallest absolute Gasteiger partial charge is 0.337 e. The normalized spacial score (nSPS) is 15.7. The summed E-state index contributed by atoms with van der Waals surface area (Å²) in [6, 6.07) is 10.8. The molecule has 0 amide bonds. The van der Waals surface area contributed by atoms with Crippen LogP contribution in [0.25, 0.3) is 0 Å². The van der Waals surface area contributed by atoms with Crippen molar-refractivity contribution in [2.75, 3.05) is 44.6 Å². The highest BCUT2D eigenvalue weighted by Crippen LogP contribution is 2.26. The van der Waals surface area contributed by atoms with Crippen molar-refractivity contribution < 1.29 is 22.3 Å². The molecule has 1 saturated heterocycles. The van der Waals surface area contributed by atoms with Gasteiger partial charge in [0.05, 0.1) is 24.9 Å². The number of methoxy groups -OCH3 is 1. The minimum atomic E-state index is -3.83. The van der Waals surface area contributed by atoms with Gasteiger partial charge in [-0.2, -0.15) is 12.7 Å². The molecule has 0 unspecified atom stereocenters. The molecular weight excluding hydrogens is 409 g/mol. The van der Waals surface area contributed by atoms with Gasteiger partial charge in [-0.25, -0.2) is 9.18 Å². The summed E-state index contributed by atoms with van der Waals surface area (Å²) in [6.45, 7) is 3.71. The van der Waals surface area contributed by atoms with Crippen LogP contribution in [0.3, 0.4) is 0 Å². The molecule has 0 atom stereocenters. The number of carbonyl (C=O) groups is 1. The quantitative estimate of drug-likeness (QED) is 0.652. The van der Waals surface area contributed by atoms with Crippen molar-refractivity contribution in [1.29, 1.82) is 0 Å². The number of esters is 1. The Hall–Kier alpha value is -2.49. The number of likely N-dealkylation sites (N-methyl/N-ethyl adjacent to an activating group) is 1. The van der Waals surface area contributed by atoms with Crippen LogP contribution in [-0.4, -0.2) is 63.9 Å². The summed E-state index contributed by atoms with van der Waals surface area (Å²) in [5.41, 5.74) is 1.84. The van der Waals surface area contributed by atoms with Crippen LogP contribution in [0.1, 0.15) is 21.5 Å². The minimum absolute atomic E-state index is 0.0567. The summed E-state index contributed by atoms with van der Waals surface area (Å²) in [5, 5.41) is 0. The third kappa shape index (κ3) is 4.80. The molecular formula is C21H26FN3O4S. The van der Waals surface area contributed by atoms with Crippen LogP contribution in [0.15, 0.2) is 42.5 Å². The first-order valence-corrected chi connectivity index (χ1v) is 11.0. The van der Waals surface area contributed by atoms with Gasteiger partial charge in [0.25, 0.3) is 0 Å². The molecule has 30 heavy (non-hydrogen) atoms. The maximum atomic E-state index is 13.8. The highest BCUT2D eigenvalue weighted by molar-refractivity contribution is 7.90. The van der Waals surface area contributed by atoms with Crippen LogP contribution in [0, 0.1) is 12.7 Å². The van der Waals surface area contributed by atoms with Gasteiger partial charge in [-0.05, 0) is 55.4 Å². The average Bonchev–Trinajstić information content (AvgIpc) is 2.74. The molecule has 0 saturated carbocycles. The lowest BCUT2D eigenvalue weighted by atomic mass is 10.1. The molecule has 1 heterocycles. The molecule has 0 aliphatic carbocycles. The van der Waals surface area contributed by atoms with E-state index in [0.29, 0.717) is 48.6 Å². The molecule has 1 aliphatic rings. The van der Waals surface area contributed by atoms with Crippen LogP contribution in [0.2, 0.25) is 0 Å². The highest BCUT2D eigenvalue weighted by atomic mass is 32.2. The van der Waals surface area contributed by atoms with Gasteiger partial charge in [0.15, 0.2) is 0 Å². The first-order valence-electron chi connectivity index (χ1n) is 9.62. The Morgan fingerprint density at radius 3 is 2.30 bits per heavy atom. The van der Waals surface area contributed by atoms with Gasteiger partial charge in [-0.15, -0.1) is 0 Å². The molecule has 7 nitrogen and oxygen atoms in total. The summed E-state index contributed by atoms with van der Waals surface area (Å²) >= 11 is 0. The Kier molecular flexibility index (Phi) is 6.74. The third-order valence-corrected chi connectivity index (χ3v) is 7.11. The lowest BCUT2D eigenvalue weighted by molar-refractivity contribution is 0.0600. The summed E-state index contributed by atoms with van der Waals surface area (Å²) in [5.74, 6) is -0.851. The number of halogens is 1. The Morgan fingerprint density at radius 1 is 1.10 bits per heavy atom. The van der Waals surface area contributed by atoms with E-state index in [1.54, 1.807) is 31.2 Å². The Balaban J connectivity index is 1.95. The number of hydrogen-bond donors (Lipinski definition) is 0. The molecule has 9 heteroatoms. The standard InChI is InChI=1S/C21H26FN3O4S/c1-16-14-19(8-9-20(16)22)25(30(27,28)24-12-10-23(2)11-13-24)15-17-4-6-18(7-5-17)21(26)29-3/h4-9,14H,10-13,15H2,1-3H3. The van der Waals surface area contributed by atoms with Crippen LogP contribution < -0.4 is 4.31 Å². The fourth-order valence-electron chi connectivity index (χ4n) is 3.28. The van der Waals surface area contributed by atoms with Gasteiger partial charge >= 0.3 is 16.2 Å². The summed E-state index contributed by atoms with van der Waals surface area (Å²) in [7, 11) is -0.578. The van der Waals surface area contributed by atoms with E-state index in [1.807, 2.05) is 7.05 Å². The van der Waals surface area contributed by atoms with Crippen molar-refractivity contribution in [3.05, 3.63) is 65.0 Å². The van der Waals surface area contributed by atoms with Crippen LogP contribution in [-0.2, 0) is 21.5 Å². The zero-order chi connectivity index (χ0) is 21.9. The molecule has 3 rings (SSSR count). The second kappa shape index (κ2) is 9.11. The van der Waals surface area contributed by atoms with E-state index in [-0.39, 0.29) is 6.54 Å². The molecule has 1 fully saturated rings. The molecule has 0 spiro atoms. The molecule has 2 aromatic rings. The van der Waals surface area contributed by atoms with Gasteiger partial charge < -0.3 is 9.64 Å². The van der Waals surface area contributed by atoms with Crippen LogP contribution >= 0.6 is 0 Å². The van der Waals surface area contributed by atoms with Crippen molar-refractivity contribution >= 4 is 21.9 Å². The SMILES string of the molecule is COC(=O)c1ccc(CN(c2ccc(F)c(C)c2)S(=O)(=O)N2CCN(C)CC2)cc1. The molecule has 0 N–H and O–H groups in total. The zero-order valence-electron chi connectivity index (χ0n) is 17.3. The number of rotatable bonds is 6. The second-order valence-corrected chi connectivity index (χ2v) is 9.19. The average molecular weight is 436 g/mol. The van der Waals surface area contributed by atoms with E-state index < -0.39 is 22.0 Å². The minimum Gasteiger partial charge on any atom is -0.465 e. The second-order valence-electron chi connectivity index (χ2n) is 7.34. The van der Waals surface area contributed by atoms with Crippen LogP contribution in [0.5, 0.6) is 0 Å². The van der Waals surface area contributed by atoms with Gasteiger partial charge in [0, 0.05) is 26.2 Å². The Morgan fingerprint density at radius 2 is 1.73 bits per heavy atom. The third-order valence-electron chi connectivity index (χ3n) is 5.20.